The highest BCUT2D eigenvalue weighted by Crippen LogP contribution is 2.36. The summed E-state index contributed by atoms with van der Waals surface area (Å²) in [5.74, 6) is 0.537. The highest BCUT2D eigenvalue weighted by Gasteiger charge is 2.12. The van der Waals surface area contributed by atoms with Crippen molar-refractivity contribution in [1.29, 1.82) is 5.26 Å². The molecule has 0 aromatic heterocycles. The van der Waals surface area contributed by atoms with Crippen LogP contribution in [0.2, 0.25) is 10.0 Å². The van der Waals surface area contributed by atoms with E-state index in [-0.39, 0.29) is 0 Å². The molecule has 0 radical (unpaired) electrons. The van der Waals surface area contributed by atoms with Gasteiger partial charge in [-0.1, -0.05) is 29.3 Å². The number of methoxy groups -OCH3 is 1. The molecule has 2 aromatic carbocycles. The predicted octanol–water partition coefficient (Wildman–Crippen LogP) is 4.20. The van der Waals surface area contributed by atoms with E-state index in [9.17, 15) is 0 Å². The standard InChI is InChI=1S/C14H11Cl2N3O/c1-20-13-4-2-3-8(7-17)14(13)19-12-6-10(16)9(15)5-11(12)18/h2-6,19H,18H2,1H3. The zero-order valence-corrected chi connectivity index (χ0v) is 12.1. The second-order valence-corrected chi connectivity index (χ2v) is 4.79. The van der Waals surface area contributed by atoms with Crippen LogP contribution in [0.3, 0.4) is 0 Å². The van der Waals surface area contributed by atoms with Crippen LogP contribution in [0.5, 0.6) is 5.75 Å². The number of rotatable bonds is 3. The van der Waals surface area contributed by atoms with Crippen LogP contribution < -0.4 is 15.8 Å². The Labute approximate surface area is 126 Å². The highest BCUT2D eigenvalue weighted by atomic mass is 35.5. The van der Waals surface area contributed by atoms with Crippen molar-refractivity contribution < 1.29 is 4.74 Å². The number of nitriles is 1. The van der Waals surface area contributed by atoms with Gasteiger partial charge in [0, 0.05) is 0 Å². The highest BCUT2D eigenvalue weighted by molar-refractivity contribution is 6.42. The first-order valence-electron chi connectivity index (χ1n) is 5.65. The average Bonchev–Trinajstić information content (AvgIpc) is 2.44. The topological polar surface area (TPSA) is 71.1 Å². The van der Waals surface area contributed by atoms with Gasteiger partial charge < -0.3 is 15.8 Å². The van der Waals surface area contributed by atoms with E-state index in [1.807, 2.05) is 0 Å². The van der Waals surface area contributed by atoms with E-state index in [1.165, 1.54) is 7.11 Å². The van der Waals surface area contributed by atoms with Crippen molar-refractivity contribution in [3.63, 3.8) is 0 Å². The number of hydrogen-bond donors (Lipinski definition) is 2. The molecule has 2 rings (SSSR count). The van der Waals surface area contributed by atoms with Crippen LogP contribution in [-0.2, 0) is 0 Å². The molecule has 0 saturated heterocycles. The Kier molecular flexibility index (Phi) is 4.23. The van der Waals surface area contributed by atoms with E-state index in [0.717, 1.165) is 0 Å². The van der Waals surface area contributed by atoms with Crippen LogP contribution in [0.15, 0.2) is 30.3 Å². The van der Waals surface area contributed by atoms with Gasteiger partial charge >= 0.3 is 0 Å². The molecule has 0 aliphatic heterocycles. The zero-order valence-electron chi connectivity index (χ0n) is 10.6. The van der Waals surface area contributed by atoms with Gasteiger partial charge in [-0.2, -0.15) is 5.26 Å². The first kappa shape index (κ1) is 14.3. The Morgan fingerprint density at radius 1 is 1.25 bits per heavy atom. The largest absolute Gasteiger partial charge is 0.495 e. The number of nitrogens with zero attached hydrogens (tertiary/aromatic N) is 1. The number of ether oxygens (including phenoxy) is 1. The number of para-hydroxylation sites is 1. The second-order valence-electron chi connectivity index (χ2n) is 3.97. The second kappa shape index (κ2) is 5.91. The van der Waals surface area contributed by atoms with Crippen LogP contribution in [0.25, 0.3) is 0 Å². The van der Waals surface area contributed by atoms with E-state index < -0.39 is 0 Å². The quantitative estimate of drug-likeness (QED) is 0.834. The van der Waals surface area contributed by atoms with Crippen LogP contribution in [0.4, 0.5) is 17.1 Å². The molecule has 0 heterocycles. The minimum Gasteiger partial charge on any atom is -0.495 e. The lowest BCUT2D eigenvalue weighted by atomic mass is 10.1. The third kappa shape index (κ3) is 2.74. The van der Waals surface area contributed by atoms with Crippen molar-refractivity contribution in [1.82, 2.24) is 0 Å². The molecule has 102 valence electrons. The molecule has 2 aromatic rings. The summed E-state index contributed by atoms with van der Waals surface area (Å²) in [6.45, 7) is 0. The Morgan fingerprint density at radius 3 is 2.60 bits per heavy atom. The summed E-state index contributed by atoms with van der Waals surface area (Å²) < 4.78 is 5.24. The summed E-state index contributed by atoms with van der Waals surface area (Å²) in [5.41, 5.74) is 7.84. The maximum atomic E-state index is 9.16. The molecule has 0 amide bonds. The SMILES string of the molecule is COc1cccc(C#N)c1Nc1cc(Cl)c(Cl)cc1N. The first-order valence-corrected chi connectivity index (χ1v) is 6.41. The molecule has 0 unspecified atom stereocenters. The van der Waals surface area contributed by atoms with Crippen LogP contribution in [0, 0.1) is 11.3 Å². The van der Waals surface area contributed by atoms with Crippen LogP contribution >= 0.6 is 23.2 Å². The smallest absolute Gasteiger partial charge is 0.143 e. The lowest BCUT2D eigenvalue weighted by molar-refractivity contribution is 0.416. The molecule has 0 saturated carbocycles. The summed E-state index contributed by atoms with van der Waals surface area (Å²) in [7, 11) is 1.53. The molecule has 0 fully saturated rings. The third-order valence-electron chi connectivity index (χ3n) is 2.72. The number of nitrogens with one attached hydrogen (secondary N) is 1. The minimum absolute atomic E-state index is 0.371. The maximum Gasteiger partial charge on any atom is 0.143 e. The number of anilines is 3. The maximum absolute atomic E-state index is 9.16. The van der Waals surface area contributed by atoms with E-state index in [1.54, 1.807) is 30.3 Å². The van der Waals surface area contributed by atoms with Gasteiger partial charge in [-0.3, -0.25) is 0 Å². The van der Waals surface area contributed by atoms with Gasteiger partial charge in [0.15, 0.2) is 0 Å². The summed E-state index contributed by atoms with van der Waals surface area (Å²) in [5, 5.41) is 13.0. The molecular formula is C14H11Cl2N3O. The third-order valence-corrected chi connectivity index (χ3v) is 3.44. The Bertz CT molecular complexity index is 696. The average molecular weight is 308 g/mol. The predicted molar refractivity (Wildman–Crippen MR) is 81.9 cm³/mol. The first-order chi connectivity index (χ1) is 9.56. The van der Waals surface area contributed by atoms with Crippen molar-refractivity contribution in [2.45, 2.75) is 0 Å². The van der Waals surface area contributed by atoms with Crippen LogP contribution in [-0.4, -0.2) is 7.11 Å². The fourth-order valence-corrected chi connectivity index (χ4v) is 2.06. The molecule has 0 aliphatic rings. The van der Waals surface area contributed by atoms with Crippen molar-refractivity contribution in [3.8, 4) is 11.8 Å². The summed E-state index contributed by atoms with van der Waals surface area (Å²) >= 11 is 11.9. The fraction of sp³-hybridized carbons (Fsp3) is 0.0714. The molecule has 3 N–H and O–H groups in total. The van der Waals surface area contributed by atoms with Gasteiger partial charge in [0.2, 0.25) is 0 Å². The zero-order chi connectivity index (χ0) is 14.7. The lowest BCUT2D eigenvalue weighted by Gasteiger charge is -2.15. The van der Waals surface area contributed by atoms with Crippen LogP contribution in [0.1, 0.15) is 5.56 Å². The Balaban J connectivity index is 2.50. The van der Waals surface area contributed by atoms with Crippen molar-refractivity contribution >= 4 is 40.3 Å². The van der Waals surface area contributed by atoms with Crippen molar-refractivity contribution in [3.05, 3.63) is 45.9 Å². The van der Waals surface area contributed by atoms with E-state index >= 15 is 0 Å². The summed E-state index contributed by atoms with van der Waals surface area (Å²) in [6.07, 6.45) is 0. The molecule has 0 spiro atoms. The summed E-state index contributed by atoms with van der Waals surface area (Å²) in [4.78, 5) is 0. The van der Waals surface area contributed by atoms with Crippen molar-refractivity contribution in [2.24, 2.45) is 0 Å². The molecule has 6 heteroatoms. The molecule has 20 heavy (non-hydrogen) atoms. The van der Waals surface area contributed by atoms with Crippen molar-refractivity contribution in [2.75, 3.05) is 18.2 Å². The summed E-state index contributed by atoms with van der Waals surface area (Å²) in [6, 6.07) is 10.4. The lowest BCUT2D eigenvalue weighted by Crippen LogP contribution is -2.00. The molecule has 0 bridgehead atoms. The number of benzene rings is 2. The van der Waals surface area contributed by atoms with Gasteiger partial charge in [-0.15, -0.1) is 0 Å². The van der Waals surface area contributed by atoms with E-state index in [2.05, 4.69) is 11.4 Å². The number of nitrogens with two attached hydrogens (primary N) is 1. The minimum atomic E-state index is 0.371. The van der Waals surface area contributed by atoms with Gasteiger partial charge in [0.05, 0.1) is 39.8 Å². The number of halogens is 2. The molecule has 0 atom stereocenters. The van der Waals surface area contributed by atoms with E-state index in [4.69, 9.17) is 38.9 Å². The molecular weight excluding hydrogens is 297 g/mol. The molecule has 4 nitrogen and oxygen atoms in total. The van der Waals surface area contributed by atoms with Gasteiger partial charge in [0.1, 0.15) is 11.8 Å². The normalized spacial score (nSPS) is 9.90. The van der Waals surface area contributed by atoms with Gasteiger partial charge in [-0.25, -0.2) is 0 Å². The Hall–Kier alpha value is -2.09. The number of hydrogen-bond acceptors (Lipinski definition) is 4. The fourth-order valence-electron chi connectivity index (χ4n) is 1.73. The van der Waals surface area contributed by atoms with Gasteiger partial charge in [-0.05, 0) is 24.3 Å². The monoisotopic (exact) mass is 307 g/mol. The van der Waals surface area contributed by atoms with Gasteiger partial charge in [0.25, 0.3) is 0 Å². The molecule has 0 aliphatic carbocycles. The van der Waals surface area contributed by atoms with E-state index in [0.29, 0.717) is 38.4 Å². The number of nitrogen functional groups attached to an aromatic ring is 1. The Morgan fingerprint density at radius 2 is 1.95 bits per heavy atom.